The maximum absolute atomic E-state index is 10.9. The van der Waals surface area contributed by atoms with Gasteiger partial charge in [-0.2, -0.15) is 0 Å². The summed E-state index contributed by atoms with van der Waals surface area (Å²) in [4.78, 5) is 15.1. The molecule has 0 bridgehead atoms. The Bertz CT molecular complexity index is 599. The predicted octanol–water partition coefficient (Wildman–Crippen LogP) is 4.09. The maximum atomic E-state index is 10.9. The number of halogens is 2. The third-order valence-electron chi connectivity index (χ3n) is 2.27. The highest BCUT2D eigenvalue weighted by atomic mass is 35.5. The smallest absolute Gasteiger partial charge is 0.221 e. The van der Waals surface area contributed by atoms with Crippen molar-refractivity contribution in [2.24, 2.45) is 0 Å². The largest absolute Gasteiger partial charge is 0.339 e. The molecule has 0 fully saturated rings. The van der Waals surface area contributed by atoms with E-state index < -0.39 is 0 Å². The molecule has 0 atom stereocenters. The molecule has 2 N–H and O–H groups in total. The van der Waals surface area contributed by atoms with Gasteiger partial charge in [-0.25, -0.2) is 4.98 Å². The quantitative estimate of drug-likeness (QED) is 0.897. The van der Waals surface area contributed by atoms with Crippen molar-refractivity contribution in [2.45, 2.75) is 6.92 Å². The molecule has 1 heterocycles. The third-order valence-corrected chi connectivity index (χ3v) is 2.84. The second-order valence-corrected chi connectivity index (χ2v) is 4.71. The number of hydrogen-bond acceptors (Lipinski definition) is 3. The highest BCUT2D eigenvalue weighted by Crippen LogP contribution is 2.27. The Balaban J connectivity index is 2.15. The summed E-state index contributed by atoms with van der Waals surface area (Å²) in [5.41, 5.74) is 1.31. The van der Waals surface area contributed by atoms with Crippen molar-refractivity contribution < 1.29 is 4.79 Å². The fourth-order valence-corrected chi connectivity index (χ4v) is 1.81. The molecular weight excluding hydrogens is 285 g/mol. The molecule has 98 valence electrons. The summed E-state index contributed by atoms with van der Waals surface area (Å²) < 4.78 is 0. The van der Waals surface area contributed by atoms with Gasteiger partial charge in [-0.05, 0) is 30.3 Å². The number of rotatable bonds is 3. The number of anilines is 3. The number of nitrogens with zero attached hydrogens (tertiary/aromatic N) is 1. The van der Waals surface area contributed by atoms with Gasteiger partial charge in [0, 0.05) is 11.9 Å². The van der Waals surface area contributed by atoms with E-state index in [-0.39, 0.29) is 5.91 Å². The van der Waals surface area contributed by atoms with Crippen molar-refractivity contribution >= 4 is 46.3 Å². The van der Waals surface area contributed by atoms with Gasteiger partial charge in [-0.3, -0.25) is 4.79 Å². The lowest BCUT2D eigenvalue weighted by Crippen LogP contribution is -2.06. The first kappa shape index (κ1) is 13.6. The summed E-state index contributed by atoms with van der Waals surface area (Å²) >= 11 is 11.9. The highest BCUT2D eigenvalue weighted by molar-refractivity contribution is 6.35. The number of nitrogens with one attached hydrogen (secondary N) is 2. The summed E-state index contributed by atoms with van der Waals surface area (Å²) in [5, 5.41) is 6.83. The molecule has 2 rings (SSSR count). The van der Waals surface area contributed by atoms with E-state index in [9.17, 15) is 4.79 Å². The second-order valence-electron chi connectivity index (χ2n) is 3.86. The van der Waals surface area contributed by atoms with Gasteiger partial charge in [-0.1, -0.05) is 23.2 Å². The van der Waals surface area contributed by atoms with E-state index in [2.05, 4.69) is 15.6 Å². The second kappa shape index (κ2) is 5.91. The first-order chi connectivity index (χ1) is 9.04. The van der Waals surface area contributed by atoms with Gasteiger partial charge < -0.3 is 10.6 Å². The molecule has 1 aromatic heterocycles. The summed E-state index contributed by atoms with van der Waals surface area (Å²) in [5.74, 6) is 0.471. The number of hydrogen-bond donors (Lipinski definition) is 2. The SMILES string of the molecule is CC(=O)Nc1ccc(Nc2cc(Cl)ccc2Cl)nc1. The summed E-state index contributed by atoms with van der Waals surface area (Å²) in [7, 11) is 0. The van der Waals surface area contributed by atoms with Crippen LogP contribution in [0.5, 0.6) is 0 Å². The van der Waals surface area contributed by atoms with Crippen LogP contribution < -0.4 is 10.6 Å². The van der Waals surface area contributed by atoms with Crippen LogP contribution in [0.25, 0.3) is 0 Å². The number of carbonyl (C=O) groups excluding carboxylic acids is 1. The van der Waals surface area contributed by atoms with E-state index >= 15 is 0 Å². The molecule has 19 heavy (non-hydrogen) atoms. The topological polar surface area (TPSA) is 54.0 Å². The molecule has 2 aromatic rings. The Labute approximate surface area is 120 Å². The molecule has 1 aromatic carbocycles. The van der Waals surface area contributed by atoms with Crippen molar-refractivity contribution in [2.75, 3.05) is 10.6 Å². The van der Waals surface area contributed by atoms with E-state index in [0.717, 1.165) is 0 Å². The summed E-state index contributed by atoms with van der Waals surface area (Å²) in [6, 6.07) is 8.62. The Hall–Kier alpha value is -1.78. The zero-order chi connectivity index (χ0) is 13.8. The minimum absolute atomic E-state index is 0.139. The molecule has 0 saturated carbocycles. The van der Waals surface area contributed by atoms with Crippen LogP contribution in [0.15, 0.2) is 36.5 Å². The van der Waals surface area contributed by atoms with E-state index in [1.807, 2.05) is 0 Å². The summed E-state index contributed by atoms with van der Waals surface area (Å²) in [6.07, 6.45) is 1.56. The molecule has 0 aliphatic carbocycles. The minimum Gasteiger partial charge on any atom is -0.339 e. The highest BCUT2D eigenvalue weighted by Gasteiger charge is 2.03. The molecule has 0 radical (unpaired) electrons. The Morgan fingerprint density at radius 1 is 1.21 bits per heavy atom. The van der Waals surface area contributed by atoms with Gasteiger partial charge in [0.2, 0.25) is 5.91 Å². The molecule has 0 aliphatic rings. The zero-order valence-corrected chi connectivity index (χ0v) is 11.6. The van der Waals surface area contributed by atoms with Crippen molar-refractivity contribution in [3.63, 3.8) is 0 Å². The minimum atomic E-state index is -0.139. The van der Waals surface area contributed by atoms with Crippen LogP contribution in [-0.2, 0) is 4.79 Å². The fraction of sp³-hybridized carbons (Fsp3) is 0.0769. The van der Waals surface area contributed by atoms with Crippen LogP contribution in [0.4, 0.5) is 17.2 Å². The summed E-state index contributed by atoms with van der Waals surface area (Å²) in [6.45, 7) is 1.44. The van der Waals surface area contributed by atoms with E-state index in [4.69, 9.17) is 23.2 Å². The molecule has 0 unspecified atom stereocenters. The molecular formula is C13H11Cl2N3O. The van der Waals surface area contributed by atoms with Crippen LogP contribution in [0.1, 0.15) is 6.92 Å². The van der Waals surface area contributed by atoms with Gasteiger partial charge in [0.25, 0.3) is 0 Å². The molecule has 0 saturated heterocycles. The number of carbonyl (C=O) groups is 1. The van der Waals surface area contributed by atoms with Gasteiger partial charge in [0.05, 0.1) is 22.6 Å². The molecule has 0 spiro atoms. The molecule has 4 nitrogen and oxygen atoms in total. The maximum Gasteiger partial charge on any atom is 0.221 e. The van der Waals surface area contributed by atoms with Gasteiger partial charge in [0.15, 0.2) is 0 Å². The molecule has 1 amide bonds. The number of benzene rings is 1. The molecule has 0 aliphatic heterocycles. The Kier molecular flexibility index (Phi) is 4.24. The third kappa shape index (κ3) is 3.84. The van der Waals surface area contributed by atoms with E-state index in [0.29, 0.717) is 27.2 Å². The normalized spacial score (nSPS) is 10.1. The number of amides is 1. The van der Waals surface area contributed by atoms with Crippen molar-refractivity contribution in [1.29, 1.82) is 0 Å². The van der Waals surface area contributed by atoms with Crippen LogP contribution in [0.3, 0.4) is 0 Å². The van der Waals surface area contributed by atoms with E-state index in [1.165, 1.54) is 6.92 Å². The van der Waals surface area contributed by atoms with Gasteiger partial charge >= 0.3 is 0 Å². The van der Waals surface area contributed by atoms with Crippen LogP contribution in [-0.4, -0.2) is 10.9 Å². The lowest BCUT2D eigenvalue weighted by atomic mass is 10.3. The average Bonchev–Trinajstić information content (AvgIpc) is 2.35. The van der Waals surface area contributed by atoms with Gasteiger partial charge in [-0.15, -0.1) is 0 Å². The lowest BCUT2D eigenvalue weighted by molar-refractivity contribution is -0.114. The zero-order valence-electron chi connectivity index (χ0n) is 10.1. The van der Waals surface area contributed by atoms with Crippen LogP contribution in [0.2, 0.25) is 10.0 Å². The van der Waals surface area contributed by atoms with Crippen molar-refractivity contribution in [1.82, 2.24) is 4.98 Å². The Morgan fingerprint density at radius 2 is 2.00 bits per heavy atom. The fourth-order valence-electron chi connectivity index (χ4n) is 1.48. The first-order valence-corrected chi connectivity index (χ1v) is 6.26. The standard InChI is InChI=1S/C13H11Cl2N3O/c1-8(19)17-10-3-5-13(16-7-10)18-12-6-9(14)2-4-11(12)15/h2-7H,1H3,(H,16,18)(H,17,19). The lowest BCUT2D eigenvalue weighted by Gasteiger charge is -2.08. The Morgan fingerprint density at radius 3 is 2.63 bits per heavy atom. The number of aromatic nitrogens is 1. The van der Waals surface area contributed by atoms with Crippen molar-refractivity contribution in [3.05, 3.63) is 46.6 Å². The number of pyridine rings is 1. The first-order valence-electron chi connectivity index (χ1n) is 5.50. The van der Waals surface area contributed by atoms with Crippen LogP contribution >= 0.6 is 23.2 Å². The van der Waals surface area contributed by atoms with Crippen molar-refractivity contribution in [3.8, 4) is 0 Å². The molecule has 6 heteroatoms. The average molecular weight is 296 g/mol. The van der Waals surface area contributed by atoms with Crippen LogP contribution in [0, 0.1) is 0 Å². The monoisotopic (exact) mass is 295 g/mol. The van der Waals surface area contributed by atoms with Gasteiger partial charge in [0.1, 0.15) is 5.82 Å². The van der Waals surface area contributed by atoms with E-state index in [1.54, 1.807) is 36.5 Å². The predicted molar refractivity (Wildman–Crippen MR) is 78.3 cm³/mol.